The molecule has 0 atom stereocenters. The number of nitrogens with zero attached hydrogens (tertiary/aromatic N) is 4. The van der Waals surface area contributed by atoms with Gasteiger partial charge in [0.2, 0.25) is 0 Å². The summed E-state index contributed by atoms with van der Waals surface area (Å²) in [6.45, 7) is 7.28. The van der Waals surface area contributed by atoms with E-state index in [0.717, 1.165) is 0 Å². The second kappa shape index (κ2) is 11.6. The van der Waals surface area contributed by atoms with Gasteiger partial charge in [0.1, 0.15) is 0 Å². The zero-order chi connectivity index (χ0) is 14.7. The lowest BCUT2D eigenvalue weighted by atomic mass is 10.3. The molecule has 0 aromatic heterocycles. The van der Waals surface area contributed by atoms with Crippen molar-refractivity contribution in [2.75, 3.05) is 81.6 Å². The van der Waals surface area contributed by atoms with Gasteiger partial charge >= 0.3 is 0 Å². The molecule has 0 radical (unpaired) electrons. The van der Waals surface area contributed by atoms with Crippen molar-refractivity contribution in [2.24, 2.45) is 0 Å². The molecule has 0 bridgehead atoms. The van der Waals surface area contributed by atoms with Crippen LogP contribution >= 0.6 is 0 Å². The summed E-state index contributed by atoms with van der Waals surface area (Å²) < 4.78 is 0. The standard InChI is InChI=1S/C15H36N4/c1-16(2)10-7-13-19(14-8-11-17(3)4)15-9-12-18(5)6/h7-15H2,1-6H3. The van der Waals surface area contributed by atoms with Crippen LogP contribution in [0.4, 0.5) is 0 Å². The zero-order valence-corrected chi connectivity index (χ0v) is 14.2. The fraction of sp³-hybridized carbons (Fsp3) is 1.00. The Labute approximate surface area is 121 Å². The van der Waals surface area contributed by atoms with E-state index in [1.165, 1.54) is 58.5 Å². The molecule has 0 saturated heterocycles. The van der Waals surface area contributed by atoms with Gasteiger partial charge in [-0.1, -0.05) is 0 Å². The van der Waals surface area contributed by atoms with Crippen LogP contribution in [0, 0.1) is 0 Å². The van der Waals surface area contributed by atoms with Crippen molar-refractivity contribution < 1.29 is 0 Å². The van der Waals surface area contributed by atoms with Crippen LogP contribution in [-0.2, 0) is 0 Å². The second-order valence-electron chi connectivity index (χ2n) is 6.31. The Balaban J connectivity index is 3.85. The first kappa shape index (κ1) is 18.8. The van der Waals surface area contributed by atoms with E-state index in [9.17, 15) is 0 Å². The van der Waals surface area contributed by atoms with Gasteiger partial charge in [-0.15, -0.1) is 0 Å². The van der Waals surface area contributed by atoms with Crippen LogP contribution in [0.15, 0.2) is 0 Å². The average Bonchev–Trinajstić information content (AvgIpc) is 2.26. The molecule has 0 unspecified atom stereocenters. The van der Waals surface area contributed by atoms with E-state index in [2.05, 4.69) is 61.9 Å². The maximum Gasteiger partial charge on any atom is -0.000653 e. The fourth-order valence-corrected chi connectivity index (χ4v) is 2.17. The highest BCUT2D eigenvalue weighted by molar-refractivity contribution is 4.62. The summed E-state index contributed by atoms with van der Waals surface area (Å²) in [6.07, 6.45) is 3.82. The Morgan fingerprint density at radius 1 is 0.421 bits per heavy atom. The van der Waals surface area contributed by atoms with Crippen LogP contribution in [0.1, 0.15) is 19.3 Å². The number of hydrogen-bond acceptors (Lipinski definition) is 4. The van der Waals surface area contributed by atoms with E-state index in [1.807, 2.05) is 0 Å². The quantitative estimate of drug-likeness (QED) is 0.528. The highest BCUT2D eigenvalue weighted by Crippen LogP contribution is 1.99. The Bertz CT molecular complexity index is 159. The van der Waals surface area contributed by atoms with Crippen LogP contribution < -0.4 is 0 Å². The number of hydrogen-bond donors (Lipinski definition) is 0. The largest absolute Gasteiger partial charge is 0.309 e. The third kappa shape index (κ3) is 14.1. The third-order valence-corrected chi connectivity index (χ3v) is 3.24. The highest BCUT2D eigenvalue weighted by Gasteiger charge is 2.05. The molecule has 0 saturated carbocycles. The molecule has 0 aliphatic rings. The predicted molar refractivity (Wildman–Crippen MR) is 86.0 cm³/mol. The molecular formula is C15H36N4. The molecule has 0 aliphatic heterocycles. The van der Waals surface area contributed by atoms with Crippen LogP contribution in [0.5, 0.6) is 0 Å². The van der Waals surface area contributed by atoms with E-state index in [0.29, 0.717) is 0 Å². The minimum absolute atomic E-state index is 1.19. The second-order valence-corrected chi connectivity index (χ2v) is 6.31. The molecule has 0 N–H and O–H groups in total. The summed E-state index contributed by atoms with van der Waals surface area (Å²) in [7, 11) is 12.9. The lowest BCUT2D eigenvalue weighted by Gasteiger charge is -2.24. The molecule has 0 spiro atoms. The molecule has 4 heteroatoms. The summed E-state index contributed by atoms with van der Waals surface area (Å²) in [5.41, 5.74) is 0. The molecule has 0 heterocycles. The van der Waals surface area contributed by atoms with Crippen molar-refractivity contribution in [1.29, 1.82) is 0 Å². The lowest BCUT2D eigenvalue weighted by Crippen LogP contribution is -2.32. The van der Waals surface area contributed by atoms with Gasteiger partial charge in [-0.2, -0.15) is 0 Å². The van der Waals surface area contributed by atoms with Gasteiger partial charge in [0.15, 0.2) is 0 Å². The Hall–Kier alpha value is -0.160. The van der Waals surface area contributed by atoms with Crippen molar-refractivity contribution in [3.05, 3.63) is 0 Å². The fourth-order valence-electron chi connectivity index (χ4n) is 2.17. The Kier molecular flexibility index (Phi) is 11.6. The number of rotatable bonds is 12. The average molecular weight is 272 g/mol. The summed E-state index contributed by atoms with van der Waals surface area (Å²) in [4.78, 5) is 9.46. The molecule has 0 aliphatic carbocycles. The van der Waals surface area contributed by atoms with Crippen molar-refractivity contribution in [1.82, 2.24) is 19.6 Å². The van der Waals surface area contributed by atoms with Gasteiger partial charge in [-0.05, 0) is 101 Å². The molecule has 0 aromatic carbocycles. The van der Waals surface area contributed by atoms with Crippen LogP contribution in [0.25, 0.3) is 0 Å². The minimum Gasteiger partial charge on any atom is -0.309 e. The molecule has 0 aromatic rings. The van der Waals surface area contributed by atoms with Gasteiger partial charge < -0.3 is 19.6 Å². The summed E-state index contributed by atoms with van der Waals surface area (Å²) in [6, 6.07) is 0. The van der Waals surface area contributed by atoms with E-state index < -0.39 is 0 Å². The maximum absolute atomic E-state index is 2.64. The smallest absolute Gasteiger partial charge is 0.000653 e. The van der Waals surface area contributed by atoms with E-state index in [-0.39, 0.29) is 0 Å². The molecule has 0 fully saturated rings. The van der Waals surface area contributed by atoms with Crippen LogP contribution in [-0.4, -0.2) is 101 Å². The van der Waals surface area contributed by atoms with E-state index in [1.54, 1.807) is 0 Å². The zero-order valence-electron chi connectivity index (χ0n) is 14.2. The van der Waals surface area contributed by atoms with E-state index in [4.69, 9.17) is 0 Å². The first-order valence-corrected chi connectivity index (χ1v) is 7.58. The molecule has 0 rings (SSSR count). The summed E-state index contributed by atoms with van der Waals surface area (Å²) in [5.74, 6) is 0. The first-order valence-electron chi connectivity index (χ1n) is 7.58. The van der Waals surface area contributed by atoms with Crippen molar-refractivity contribution >= 4 is 0 Å². The van der Waals surface area contributed by atoms with Crippen molar-refractivity contribution in [3.8, 4) is 0 Å². The predicted octanol–water partition coefficient (Wildman–Crippen LogP) is 1.14. The van der Waals surface area contributed by atoms with Gasteiger partial charge in [0.05, 0.1) is 0 Å². The van der Waals surface area contributed by atoms with Crippen molar-refractivity contribution in [3.63, 3.8) is 0 Å². The Morgan fingerprint density at radius 3 is 0.895 bits per heavy atom. The van der Waals surface area contributed by atoms with Crippen LogP contribution in [0.3, 0.4) is 0 Å². The molecular weight excluding hydrogens is 236 g/mol. The molecule has 19 heavy (non-hydrogen) atoms. The van der Waals surface area contributed by atoms with Crippen LogP contribution in [0.2, 0.25) is 0 Å². The third-order valence-electron chi connectivity index (χ3n) is 3.24. The molecule has 0 amide bonds. The molecule has 4 nitrogen and oxygen atoms in total. The SMILES string of the molecule is CN(C)CCCN(CCCN(C)C)CCCN(C)C. The molecule has 116 valence electrons. The van der Waals surface area contributed by atoms with Gasteiger partial charge in [0.25, 0.3) is 0 Å². The lowest BCUT2D eigenvalue weighted by molar-refractivity contribution is 0.229. The monoisotopic (exact) mass is 272 g/mol. The van der Waals surface area contributed by atoms with Gasteiger partial charge in [0, 0.05) is 0 Å². The van der Waals surface area contributed by atoms with E-state index >= 15 is 0 Å². The highest BCUT2D eigenvalue weighted by atomic mass is 15.1. The minimum atomic E-state index is 1.19. The normalized spacial score (nSPS) is 12.3. The Morgan fingerprint density at radius 2 is 0.684 bits per heavy atom. The van der Waals surface area contributed by atoms with Gasteiger partial charge in [-0.25, -0.2) is 0 Å². The topological polar surface area (TPSA) is 13.0 Å². The summed E-state index contributed by atoms with van der Waals surface area (Å²) >= 11 is 0. The maximum atomic E-state index is 2.64. The first-order chi connectivity index (χ1) is 8.91. The summed E-state index contributed by atoms with van der Waals surface area (Å²) in [5, 5.41) is 0. The van der Waals surface area contributed by atoms with Crippen molar-refractivity contribution in [2.45, 2.75) is 19.3 Å². The van der Waals surface area contributed by atoms with Gasteiger partial charge in [-0.3, -0.25) is 0 Å².